The number of anilines is 3. The number of fused-ring (bicyclic) bond motifs is 1. The van der Waals surface area contributed by atoms with Crippen LogP contribution in [-0.4, -0.2) is 33.1 Å². The van der Waals surface area contributed by atoms with E-state index in [-0.39, 0.29) is 5.57 Å². The minimum atomic E-state index is -0.396. The number of carbonyl (C=O) groups is 1. The van der Waals surface area contributed by atoms with Crippen molar-refractivity contribution in [2.45, 2.75) is 6.92 Å². The van der Waals surface area contributed by atoms with Crippen molar-refractivity contribution in [2.24, 2.45) is 10.5 Å². The first-order valence-corrected chi connectivity index (χ1v) is 15.3. The summed E-state index contributed by atoms with van der Waals surface area (Å²) in [6.45, 7) is 1.70. The molecule has 1 amide bonds. The van der Waals surface area contributed by atoms with Gasteiger partial charge >= 0.3 is 0 Å². The van der Waals surface area contributed by atoms with Gasteiger partial charge in [0, 0.05) is 35.3 Å². The Labute approximate surface area is 228 Å². The molecule has 2 heterocycles. The number of nitrogens with zero attached hydrogens (tertiary/aromatic N) is 4. The molecule has 0 radical (unpaired) electrons. The fraction of sp³-hybridized carbons (Fsp3) is 0.0385. The Hall–Kier alpha value is -3.89. The SMILES string of the molecule is C/C=C(\C=N)C(=O)Nc1cccc(-n2nc(Nc3ccc(C(=C/N)/C=N/PI)cc3)c3ccccc32)n1. The predicted molar refractivity (Wildman–Crippen MR) is 163 cm³/mol. The summed E-state index contributed by atoms with van der Waals surface area (Å²) >= 11 is 2.21. The molecule has 0 saturated heterocycles. The summed E-state index contributed by atoms with van der Waals surface area (Å²) < 4.78 is 6.01. The lowest BCUT2D eigenvalue weighted by Crippen LogP contribution is -2.16. The fourth-order valence-corrected chi connectivity index (χ4v) is 4.21. The van der Waals surface area contributed by atoms with E-state index in [1.807, 2.05) is 54.6 Å². The third-order valence-corrected chi connectivity index (χ3v) is 6.48. The molecule has 0 aliphatic carbocycles. The van der Waals surface area contributed by atoms with Crippen molar-refractivity contribution in [1.29, 1.82) is 5.41 Å². The first-order valence-electron chi connectivity index (χ1n) is 11.2. The number of halogens is 1. The van der Waals surface area contributed by atoms with Gasteiger partial charge in [0.05, 0.1) is 17.5 Å². The highest BCUT2D eigenvalue weighted by molar-refractivity contribution is 14.2. The normalized spacial score (nSPS) is 12.5. The Morgan fingerprint density at radius 3 is 2.62 bits per heavy atom. The summed E-state index contributed by atoms with van der Waals surface area (Å²) in [6.07, 6.45) is 6.34. The molecule has 9 nitrogen and oxygen atoms in total. The van der Waals surface area contributed by atoms with Gasteiger partial charge in [-0.3, -0.25) is 9.56 Å². The Balaban J connectivity index is 1.64. The molecular formula is C26H24IN8OP. The van der Waals surface area contributed by atoms with Gasteiger partial charge in [-0.1, -0.05) is 36.4 Å². The second-order valence-electron chi connectivity index (χ2n) is 7.67. The van der Waals surface area contributed by atoms with Crippen LogP contribution < -0.4 is 16.4 Å². The highest BCUT2D eigenvalue weighted by Gasteiger charge is 2.14. The molecule has 2 aromatic carbocycles. The number of amides is 1. The summed E-state index contributed by atoms with van der Waals surface area (Å²) in [4.78, 5) is 16.9. The smallest absolute Gasteiger partial charge is 0.258 e. The van der Waals surface area contributed by atoms with Crippen LogP contribution in [0.2, 0.25) is 0 Å². The van der Waals surface area contributed by atoms with Gasteiger partial charge in [-0.05, 0) is 70.9 Å². The zero-order valence-electron chi connectivity index (χ0n) is 19.8. The van der Waals surface area contributed by atoms with E-state index in [2.05, 4.69) is 42.4 Å². The summed E-state index contributed by atoms with van der Waals surface area (Å²) in [7, 11) is 0. The standard InChI is InChI=1S/C26H24IN8OP/c1-2-17(14-28)26(36)33-23-8-5-9-24(32-23)35-22-7-4-3-6-21(22)25(34-35)31-20-12-10-18(11-13-20)19(15-29)16-30-37-27/h2-16,28,37H,29H2,1H3,(H,31,34)(H,32,33,36)/b17-2+,19-15+,28-14?,30-16+. The molecule has 11 heteroatoms. The van der Waals surface area contributed by atoms with Crippen molar-refractivity contribution in [3.05, 3.63) is 90.1 Å². The molecule has 0 aliphatic heterocycles. The molecule has 2 aromatic heterocycles. The number of nitrogens with two attached hydrogens (primary N) is 1. The van der Waals surface area contributed by atoms with E-state index in [1.54, 1.807) is 42.2 Å². The number of hydrogen-bond donors (Lipinski definition) is 4. The highest BCUT2D eigenvalue weighted by Crippen LogP contribution is 2.29. The Bertz CT molecular complexity index is 1530. The van der Waals surface area contributed by atoms with Gasteiger partial charge in [-0.25, -0.2) is 9.67 Å². The average molecular weight is 622 g/mol. The Kier molecular flexibility index (Phi) is 8.76. The van der Waals surface area contributed by atoms with Crippen LogP contribution in [0.15, 0.2) is 89.3 Å². The quantitative estimate of drug-likeness (QED) is 0.0785. The lowest BCUT2D eigenvalue weighted by Gasteiger charge is -2.08. The van der Waals surface area contributed by atoms with Crippen molar-refractivity contribution < 1.29 is 4.79 Å². The zero-order valence-corrected chi connectivity index (χ0v) is 23.0. The lowest BCUT2D eigenvalue weighted by molar-refractivity contribution is -0.112. The van der Waals surface area contributed by atoms with Gasteiger partial charge < -0.3 is 21.8 Å². The molecule has 0 saturated carbocycles. The van der Waals surface area contributed by atoms with E-state index in [0.29, 0.717) is 23.8 Å². The lowest BCUT2D eigenvalue weighted by atomic mass is 10.1. The first-order chi connectivity index (χ1) is 18.1. The zero-order chi connectivity index (χ0) is 26.2. The van der Waals surface area contributed by atoms with E-state index in [0.717, 1.165) is 33.9 Å². The molecule has 1 unspecified atom stereocenters. The Morgan fingerprint density at radius 2 is 1.92 bits per heavy atom. The van der Waals surface area contributed by atoms with Crippen LogP contribution in [0.25, 0.3) is 22.3 Å². The van der Waals surface area contributed by atoms with E-state index < -0.39 is 5.91 Å². The number of aromatic nitrogens is 3. The monoisotopic (exact) mass is 622 g/mol. The maximum Gasteiger partial charge on any atom is 0.258 e. The van der Waals surface area contributed by atoms with Crippen molar-refractivity contribution >= 4 is 80.6 Å². The number of nitrogens with one attached hydrogen (secondary N) is 3. The predicted octanol–water partition coefficient (Wildman–Crippen LogP) is 6.01. The van der Waals surface area contributed by atoms with Crippen molar-refractivity contribution in [1.82, 2.24) is 14.8 Å². The van der Waals surface area contributed by atoms with Crippen molar-refractivity contribution in [2.75, 3.05) is 10.6 Å². The van der Waals surface area contributed by atoms with Crippen LogP contribution in [0.3, 0.4) is 0 Å². The van der Waals surface area contributed by atoms with E-state index >= 15 is 0 Å². The fourth-order valence-electron chi connectivity index (χ4n) is 3.60. The second kappa shape index (κ2) is 12.4. The van der Waals surface area contributed by atoms with Gasteiger partial charge in [-0.2, -0.15) is 0 Å². The molecule has 37 heavy (non-hydrogen) atoms. The molecule has 0 bridgehead atoms. The van der Waals surface area contributed by atoms with E-state index in [1.165, 1.54) is 0 Å². The minimum Gasteiger partial charge on any atom is -0.404 e. The van der Waals surface area contributed by atoms with Crippen LogP contribution in [0, 0.1) is 5.41 Å². The maximum absolute atomic E-state index is 12.4. The van der Waals surface area contributed by atoms with Crippen LogP contribution in [0.5, 0.6) is 0 Å². The topological polar surface area (TPSA) is 134 Å². The summed E-state index contributed by atoms with van der Waals surface area (Å²) in [5, 5.41) is 19.2. The van der Waals surface area contributed by atoms with Crippen LogP contribution in [0.1, 0.15) is 12.5 Å². The highest BCUT2D eigenvalue weighted by atomic mass is 127. The van der Waals surface area contributed by atoms with Crippen LogP contribution in [0.4, 0.5) is 17.3 Å². The molecule has 4 aromatic rings. The molecule has 1 atom stereocenters. The first kappa shape index (κ1) is 26.2. The van der Waals surface area contributed by atoms with E-state index in [9.17, 15) is 4.79 Å². The summed E-state index contributed by atoms with van der Waals surface area (Å²) in [6, 6.07) is 21.0. The molecule has 0 aliphatic rings. The average Bonchev–Trinajstić information content (AvgIpc) is 3.29. The minimum absolute atomic E-state index is 0.251. The Morgan fingerprint density at radius 1 is 1.14 bits per heavy atom. The number of hydrogen-bond acceptors (Lipinski definition) is 7. The van der Waals surface area contributed by atoms with Gasteiger partial charge in [0.1, 0.15) is 5.82 Å². The molecule has 4 rings (SSSR count). The molecule has 0 spiro atoms. The van der Waals surface area contributed by atoms with Gasteiger partial charge in [0.2, 0.25) is 0 Å². The molecular weight excluding hydrogens is 598 g/mol. The number of pyridine rings is 1. The third kappa shape index (κ3) is 6.10. The van der Waals surface area contributed by atoms with Crippen molar-refractivity contribution in [3.63, 3.8) is 0 Å². The maximum atomic E-state index is 12.4. The third-order valence-electron chi connectivity index (χ3n) is 5.42. The number of rotatable bonds is 9. The van der Waals surface area contributed by atoms with Gasteiger partial charge in [0.25, 0.3) is 5.91 Å². The van der Waals surface area contributed by atoms with Gasteiger partial charge in [-0.15, -0.1) is 5.10 Å². The molecule has 0 fully saturated rings. The van der Waals surface area contributed by atoms with Crippen LogP contribution in [-0.2, 0) is 4.79 Å². The van der Waals surface area contributed by atoms with Gasteiger partial charge in [0.15, 0.2) is 11.6 Å². The van der Waals surface area contributed by atoms with E-state index in [4.69, 9.17) is 16.2 Å². The molecule has 186 valence electrons. The molecule has 5 N–H and O–H groups in total. The van der Waals surface area contributed by atoms with Crippen molar-refractivity contribution in [3.8, 4) is 5.82 Å². The number of para-hydroxylation sites is 1. The largest absolute Gasteiger partial charge is 0.404 e. The number of carbonyl (C=O) groups excluding carboxylic acids is 1. The summed E-state index contributed by atoms with van der Waals surface area (Å²) in [5.74, 6) is 1.18. The summed E-state index contributed by atoms with van der Waals surface area (Å²) in [5.41, 5.74) is 9.56. The van der Waals surface area contributed by atoms with Crippen LogP contribution >= 0.6 is 28.4 Å². The number of benzene rings is 2. The number of allylic oxidation sites excluding steroid dienone is 2. The second-order valence-corrected chi connectivity index (χ2v) is 9.54.